The van der Waals surface area contributed by atoms with Gasteiger partial charge in [-0.2, -0.15) is 0 Å². The summed E-state index contributed by atoms with van der Waals surface area (Å²) in [6, 6.07) is 5.70. The lowest BCUT2D eigenvalue weighted by atomic mass is 10.1. The number of aryl methyl sites for hydroxylation is 3. The van der Waals surface area contributed by atoms with Crippen molar-refractivity contribution in [3.63, 3.8) is 0 Å². The molecular formula is C14H14BrNOS. The summed E-state index contributed by atoms with van der Waals surface area (Å²) in [6.07, 6.45) is 0.384. The van der Waals surface area contributed by atoms with Crippen LogP contribution in [0.2, 0.25) is 0 Å². The van der Waals surface area contributed by atoms with E-state index in [1.165, 1.54) is 4.88 Å². The largest absolute Gasteiger partial charge is 0.294 e. The fraction of sp³-hybridized carbons (Fsp3) is 0.286. The average Bonchev–Trinajstić information content (AvgIpc) is 2.61. The molecule has 0 spiro atoms. The van der Waals surface area contributed by atoms with Crippen LogP contribution < -0.4 is 0 Å². The van der Waals surface area contributed by atoms with Crippen LogP contribution in [-0.2, 0) is 6.42 Å². The third kappa shape index (κ3) is 2.87. The number of rotatable bonds is 3. The van der Waals surface area contributed by atoms with E-state index in [1.54, 1.807) is 11.3 Å². The highest BCUT2D eigenvalue weighted by Gasteiger charge is 2.12. The van der Waals surface area contributed by atoms with Gasteiger partial charge in [-0.15, -0.1) is 11.3 Å². The molecule has 0 aliphatic heterocycles. The molecule has 0 bridgehead atoms. The molecule has 0 saturated heterocycles. The zero-order valence-corrected chi connectivity index (χ0v) is 13.0. The predicted molar refractivity (Wildman–Crippen MR) is 78.5 cm³/mol. The summed E-state index contributed by atoms with van der Waals surface area (Å²) in [6.45, 7) is 6.01. The number of benzene rings is 1. The van der Waals surface area contributed by atoms with Crippen LogP contribution in [0.15, 0.2) is 22.7 Å². The monoisotopic (exact) mass is 323 g/mol. The molecule has 0 fully saturated rings. The van der Waals surface area contributed by atoms with Crippen molar-refractivity contribution in [3.8, 4) is 0 Å². The maximum absolute atomic E-state index is 12.1. The van der Waals surface area contributed by atoms with Crippen LogP contribution in [0.4, 0.5) is 0 Å². The number of carbonyl (C=O) groups is 1. The minimum absolute atomic E-state index is 0.115. The first kappa shape index (κ1) is 13.4. The Bertz CT molecular complexity index is 584. The van der Waals surface area contributed by atoms with E-state index in [9.17, 15) is 4.79 Å². The number of Topliss-reactive ketones (excluding diaryl/α,β-unsaturated/α-hetero) is 1. The number of hydrogen-bond acceptors (Lipinski definition) is 3. The highest BCUT2D eigenvalue weighted by Crippen LogP contribution is 2.21. The average molecular weight is 324 g/mol. The molecule has 0 aliphatic rings. The first-order chi connectivity index (χ1) is 8.47. The number of nitrogens with zero attached hydrogens (tertiary/aromatic N) is 1. The molecule has 1 aromatic heterocycles. The summed E-state index contributed by atoms with van der Waals surface area (Å²) < 4.78 is 0.972. The Labute approximate surface area is 119 Å². The quantitative estimate of drug-likeness (QED) is 0.790. The van der Waals surface area contributed by atoms with Crippen molar-refractivity contribution in [2.45, 2.75) is 27.2 Å². The van der Waals surface area contributed by atoms with Crippen molar-refractivity contribution in [1.29, 1.82) is 0 Å². The van der Waals surface area contributed by atoms with E-state index in [2.05, 4.69) is 20.9 Å². The van der Waals surface area contributed by atoms with Gasteiger partial charge >= 0.3 is 0 Å². The van der Waals surface area contributed by atoms with Crippen LogP contribution in [0.3, 0.4) is 0 Å². The number of hydrogen-bond donors (Lipinski definition) is 0. The molecule has 1 heterocycles. The molecule has 18 heavy (non-hydrogen) atoms. The van der Waals surface area contributed by atoms with Gasteiger partial charge in [-0.1, -0.05) is 28.1 Å². The Hall–Kier alpha value is -1.00. The van der Waals surface area contributed by atoms with Gasteiger partial charge in [-0.05, 0) is 32.4 Å². The van der Waals surface area contributed by atoms with Gasteiger partial charge < -0.3 is 0 Å². The first-order valence-corrected chi connectivity index (χ1v) is 7.30. The second-order valence-corrected chi connectivity index (χ2v) is 6.46. The normalized spacial score (nSPS) is 10.7. The van der Waals surface area contributed by atoms with Crippen molar-refractivity contribution in [1.82, 2.24) is 4.98 Å². The van der Waals surface area contributed by atoms with Crippen LogP contribution >= 0.6 is 27.3 Å². The molecule has 4 heteroatoms. The number of thiazole rings is 1. The molecule has 0 unspecified atom stereocenters. The van der Waals surface area contributed by atoms with E-state index in [0.717, 1.165) is 26.3 Å². The van der Waals surface area contributed by atoms with E-state index in [0.29, 0.717) is 6.42 Å². The molecule has 94 valence electrons. The maximum Gasteiger partial charge on any atom is 0.169 e. The van der Waals surface area contributed by atoms with E-state index in [-0.39, 0.29) is 5.78 Å². The minimum atomic E-state index is 0.115. The standard InChI is InChI=1S/C14H14BrNOS/c1-8-4-5-11(6-12(8)15)13(17)7-14-16-9(2)10(3)18-14/h4-6H,7H2,1-3H3. The molecule has 2 nitrogen and oxygen atoms in total. The molecule has 2 rings (SSSR count). The highest BCUT2D eigenvalue weighted by atomic mass is 79.9. The summed E-state index contributed by atoms with van der Waals surface area (Å²) >= 11 is 5.05. The lowest BCUT2D eigenvalue weighted by Gasteiger charge is -2.02. The zero-order valence-electron chi connectivity index (χ0n) is 10.6. The third-order valence-corrected chi connectivity index (χ3v) is 4.81. The van der Waals surface area contributed by atoms with Crippen molar-refractivity contribution in [2.75, 3.05) is 0 Å². The molecule has 0 N–H and O–H groups in total. The number of ketones is 1. The van der Waals surface area contributed by atoms with Crippen LogP contribution in [0.5, 0.6) is 0 Å². The van der Waals surface area contributed by atoms with Gasteiger partial charge in [-0.3, -0.25) is 4.79 Å². The van der Waals surface area contributed by atoms with Crippen LogP contribution in [0.1, 0.15) is 31.5 Å². The lowest BCUT2D eigenvalue weighted by molar-refractivity contribution is 0.0993. The van der Waals surface area contributed by atoms with Crippen molar-refractivity contribution >= 4 is 33.0 Å². The van der Waals surface area contributed by atoms with E-state index in [4.69, 9.17) is 0 Å². The lowest BCUT2D eigenvalue weighted by Crippen LogP contribution is -2.03. The van der Waals surface area contributed by atoms with Crippen molar-refractivity contribution in [2.24, 2.45) is 0 Å². The van der Waals surface area contributed by atoms with Crippen LogP contribution in [-0.4, -0.2) is 10.8 Å². The van der Waals surface area contributed by atoms with Gasteiger partial charge in [-0.25, -0.2) is 4.98 Å². The SMILES string of the molecule is Cc1ccc(C(=O)Cc2nc(C)c(C)s2)cc1Br. The molecule has 0 aliphatic carbocycles. The smallest absolute Gasteiger partial charge is 0.169 e. The predicted octanol–water partition coefficient (Wildman–Crippen LogP) is 4.26. The Morgan fingerprint density at radius 1 is 1.33 bits per heavy atom. The molecule has 0 atom stereocenters. The summed E-state index contributed by atoms with van der Waals surface area (Å²) in [5, 5.41) is 0.895. The minimum Gasteiger partial charge on any atom is -0.294 e. The molecule has 0 saturated carbocycles. The van der Waals surface area contributed by atoms with Gasteiger partial charge in [0.1, 0.15) is 5.01 Å². The summed E-state index contributed by atoms with van der Waals surface area (Å²) in [4.78, 5) is 17.7. The second-order valence-electron chi connectivity index (χ2n) is 4.31. The van der Waals surface area contributed by atoms with Gasteiger partial charge in [0.2, 0.25) is 0 Å². The summed E-state index contributed by atoms with van der Waals surface area (Å²) in [5.74, 6) is 0.115. The van der Waals surface area contributed by atoms with Gasteiger partial charge in [0.05, 0.1) is 12.1 Å². The van der Waals surface area contributed by atoms with Gasteiger partial charge in [0.25, 0.3) is 0 Å². The molecule has 1 aromatic carbocycles. The Balaban J connectivity index is 2.19. The first-order valence-electron chi connectivity index (χ1n) is 5.69. The summed E-state index contributed by atoms with van der Waals surface area (Å²) in [7, 11) is 0. The molecular weight excluding hydrogens is 310 g/mol. The topological polar surface area (TPSA) is 30.0 Å². The van der Waals surface area contributed by atoms with E-state index >= 15 is 0 Å². The Morgan fingerprint density at radius 3 is 2.61 bits per heavy atom. The van der Waals surface area contributed by atoms with Gasteiger partial charge in [0, 0.05) is 14.9 Å². The number of carbonyl (C=O) groups excluding carboxylic acids is 1. The second kappa shape index (κ2) is 5.33. The number of halogens is 1. The fourth-order valence-corrected chi connectivity index (χ4v) is 2.93. The third-order valence-electron chi connectivity index (χ3n) is 2.88. The summed E-state index contributed by atoms with van der Waals surface area (Å²) in [5.41, 5.74) is 2.89. The van der Waals surface area contributed by atoms with E-state index < -0.39 is 0 Å². The number of aromatic nitrogens is 1. The van der Waals surface area contributed by atoms with E-state index in [1.807, 2.05) is 39.0 Å². The van der Waals surface area contributed by atoms with Crippen LogP contribution in [0, 0.1) is 20.8 Å². The zero-order chi connectivity index (χ0) is 13.3. The Morgan fingerprint density at radius 2 is 2.06 bits per heavy atom. The van der Waals surface area contributed by atoms with Gasteiger partial charge in [0.15, 0.2) is 5.78 Å². The van der Waals surface area contributed by atoms with Crippen LogP contribution in [0.25, 0.3) is 0 Å². The molecule has 0 amide bonds. The highest BCUT2D eigenvalue weighted by molar-refractivity contribution is 9.10. The van der Waals surface area contributed by atoms with Crippen molar-refractivity contribution < 1.29 is 4.79 Å². The maximum atomic E-state index is 12.1. The molecule has 2 aromatic rings. The fourth-order valence-electron chi connectivity index (χ4n) is 1.62. The van der Waals surface area contributed by atoms with Crippen molar-refractivity contribution in [3.05, 3.63) is 49.4 Å². The Kier molecular flexibility index (Phi) is 3.97. The molecule has 0 radical (unpaired) electrons.